The molecular formula is C9H21ClSSi. The number of hydrogen-bond acceptors (Lipinski definition) is 1. The number of rotatable bonds is 4. The van der Waals surface area contributed by atoms with Crippen molar-refractivity contribution in [3.8, 4) is 0 Å². The van der Waals surface area contributed by atoms with Gasteiger partial charge in [0.05, 0.1) is 8.80 Å². The van der Waals surface area contributed by atoms with Crippen molar-refractivity contribution in [2.45, 2.75) is 50.0 Å². The zero-order chi connectivity index (χ0) is 9.78. The van der Waals surface area contributed by atoms with Crippen molar-refractivity contribution in [1.82, 2.24) is 0 Å². The summed E-state index contributed by atoms with van der Waals surface area (Å²) in [5.74, 6) is 1.21. The van der Waals surface area contributed by atoms with Crippen molar-refractivity contribution >= 4 is 32.2 Å². The molecule has 3 heteroatoms. The van der Waals surface area contributed by atoms with Crippen molar-refractivity contribution in [2.24, 2.45) is 0 Å². The Balaban J connectivity index is 3.44. The summed E-state index contributed by atoms with van der Waals surface area (Å²) in [6.45, 7) is 11.4. The molecule has 0 nitrogen and oxygen atoms in total. The van der Waals surface area contributed by atoms with Gasteiger partial charge >= 0.3 is 0 Å². The van der Waals surface area contributed by atoms with Gasteiger partial charge < -0.3 is 0 Å². The monoisotopic (exact) mass is 224 g/mol. The maximum Gasteiger partial charge on any atom is 0.0519 e. The van der Waals surface area contributed by atoms with Gasteiger partial charge in [0.25, 0.3) is 0 Å². The second-order valence-corrected chi connectivity index (χ2v) is 10.7. The fourth-order valence-electron chi connectivity index (χ4n) is 0.811. The van der Waals surface area contributed by atoms with Crippen LogP contribution in [0.4, 0.5) is 0 Å². The van der Waals surface area contributed by atoms with Gasteiger partial charge in [-0.15, -0.1) is 11.6 Å². The van der Waals surface area contributed by atoms with Crippen molar-refractivity contribution < 1.29 is 0 Å². The molecule has 0 amide bonds. The van der Waals surface area contributed by atoms with Crippen LogP contribution in [0.1, 0.15) is 27.2 Å². The lowest BCUT2D eigenvalue weighted by molar-refractivity contribution is 0.799. The molecule has 0 spiro atoms. The van der Waals surface area contributed by atoms with Crippen LogP contribution in [-0.2, 0) is 0 Å². The molecule has 0 aliphatic rings. The van der Waals surface area contributed by atoms with E-state index in [0.29, 0.717) is 9.75 Å². The zero-order valence-electron chi connectivity index (χ0n) is 8.86. The van der Waals surface area contributed by atoms with Crippen molar-refractivity contribution in [2.75, 3.05) is 5.75 Å². The van der Waals surface area contributed by atoms with Crippen LogP contribution >= 0.6 is 23.4 Å². The highest BCUT2D eigenvalue weighted by atomic mass is 35.5. The fraction of sp³-hybridized carbons (Fsp3) is 1.00. The molecule has 0 saturated heterocycles. The molecule has 0 bridgehead atoms. The summed E-state index contributed by atoms with van der Waals surface area (Å²) in [7, 11) is -0.598. The van der Waals surface area contributed by atoms with Crippen LogP contribution in [0.2, 0.25) is 13.1 Å². The van der Waals surface area contributed by atoms with E-state index in [0.717, 1.165) is 0 Å². The third-order valence-corrected chi connectivity index (χ3v) is 6.47. The van der Waals surface area contributed by atoms with Gasteiger partial charge in [0, 0.05) is 9.75 Å². The van der Waals surface area contributed by atoms with E-state index in [4.69, 9.17) is 11.6 Å². The van der Waals surface area contributed by atoms with Crippen LogP contribution in [0.5, 0.6) is 0 Å². The first-order valence-corrected chi connectivity index (χ1v) is 9.01. The molecule has 0 aliphatic carbocycles. The van der Waals surface area contributed by atoms with E-state index in [1.807, 2.05) is 11.8 Å². The smallest absolute Gasteiger partial charge is 0.0519 e. The minimum atomic E-state index is -0.598. The highest BCUT2D eigenvalue weighted by molar-refractivity contribution is 8.00. The molecule has 74 valence electrons. The molecule has 0 fully saturated rings. The fourth-order valence-corrected chi connectivity index (χ4v) is 3.11. The Labute approximate surface area is 88.1 Å². The molecule has 0 aromatic carbocycles. The largest absolute Gasteiger partial charge is 0.156 e. The third-order valence-electron chi connectivity index (χ3n) is 1.65. The van der Waals surface area contributed by atoms with Crippen molar-refractivity contribution in [3.05, 3.63) is 0 Å². The van der Waals surface area contributed by atoms with E-state index in [2.05, 4.69) is 33.9 Å². The Kier molecular flexibility index (Phi) is 5.96. The lowest BCUT2D eigenvalue weighted by Gasteiger charge is -2.19. The normalized spacial score (nSPS) is 15.2. The molecular weight excluding hydrogens is 204 g/mol. The zero-order valence-corrected chi connectivity index (χ0v) is 11.6. The Morgan fingerprint density at radius 1 is 1.33 bits per heavy atom. The van der Waals surface area contributed by atoms with Crippen LogP contribution in [0, 0.1) is 0 Å². The molecule has 1 atom stereocenters. The standard InChI is InChI=1S/C9H21ClSSi/c1-9(2,3)11-7-6-8(10)12(4)5/h8,12H,6-7H2,1-5H3. The summed E-state index contributed by atoms with van der Waals surface area (Å²) in [6, 6.07) is 0. The summed E-state index contributed by atoms with van der Waals surface area (Å²) in [4.78, 5) is 0. The van der Waals surface area contributed by atoms with Crippen LogP contribution in [0.15, 0.2) is 0 Å². The molecule has 12 heavy (non-hydrogen) atoms. The van der Waals surface area contributed by atoms with Crippen LogP contribution in [0.3, 0.4) is 0 Å². The van der Waals surface area contributed by atoms with Gasteiger partial charge in [-0.3, -0.25) is 0 Å². The SMILES string of the molecule is C[SiH](C)C(Cl)CCSC(C)(C)C. The van der Waals surface area contributed by atoms with E-state index >= 15 is 0 Å². The molecule has 0 N–H and O–H groups in total. The lowest BCUT2D eigenvalue weighted by atomic mass is 10.3. The summed E-state index contributed by atoms with van der Waals surface area (Å²) in [5, 5.41) is 0.486. The first-order valence-electron chi connectivity index (χ1n) is 4.61. The summed E-state index contributed by atoms with van der Waals surface area (Å²) in [6.07, 6.45) is 1.19. The van der Waals surface area contributed by atoms with Crippen LogP contribution in [-0.4, -0.2) is 24.3 Å². The summed E-state index contributed by atoms with van der Waals surface area (Å²) < 4.78 is 0.398. The topological polar surface area (TPSA) is 0 Å². The van der Waals surface area contributed by atoms with Crippen LogP contribution < -0.4 is 0 Å². The van der Waals surface area contributed by atoms with Crippen molar-refractivity contribution in [1.29, 1.82) is 0 Å². The molecule has 0 saturated carbocycles. The van der Waals surface area contributed by atoms with Gasteiger partial charge in [0.1, 0.15) is 0 Å². The maximum absolute atomic E-state index is 6.19. The Hall–Kier alpha value is 0.857. The second kappa shape index (κ2) is 5.56. The van der Waals surface area contributed by atoms with Gasteiger partial charge in [0.2, 0.25) is 0 Å². The Morgan fingerprint density at radius 2 is 1.83 bits per heavy atom. The van der Waals surface area contributed by atoms with E-state index in [1.54, 1.807) is 0 Å². The summed E-state index contributed by atoms with van der Waals surface area (Å²) in [5.41, 5.74) is 0. The second-order valence-electron chi connectivity index (χ2n) is 4.51. The average Bonchev–Trinajstić information content (AvgIpc) is 1.84. The van der Waals surface area contributed by atoms with Crippen LogP contribution in [0.25, 0.3) is 0 Å². The van der Waals surface area contributed by atoms with E-state index in [9.17, 15) is 0 Å². The lowest BCUT2D eigenvalue weighted by Crippen LogP contribution is -2.20. The van der Waals surface area contributed by atoms with Gasteiger partial charge in [-0.1, -0.05) is 33.9 Å². The molecule has 0 aromatic rings. The predicted octanol–water partition coefficient (Wildman–Crippen LogP) is 3.54. The maximum atomic E-state index is 6.19. The number of alkyl halides is 1. The minimum absolute atomic E-state index is 0.398. The van der Waals surface area contributed by atoms with Gasteiger partial charge in [0.15, 0.2) is 0 Å². The molecule has 0 rings (SSSR count). The third kappa shape index (κ3) is 7.50. The molecule has 1 unspecified atom stereocenters. The Morgan fingerprint density at radius 3 is 2.17 bits per heavy atom. The van der Waals surface area contributed by atoms with Gasteiger partial charge in [-0.2, -0.15) is 11.8 Å². The van der Waals surface area contributed by atoms with E-state index < -0.39 is 8.80 Å². The highest BCUT2D eigenvalue weighted by Gasteiger charge is 2.14. The number of thioether (sulfide) groups is 1. The Bertz CT molecular complexity index is 120. The number of hydrogen-bond donors (Lipinski definition) is 0. The average molecular weight is 225 g/mol. The molecule has 0 heterocycles. The first kappa shape index (κ1) is 12.9. The summed E-state index contributed by atoms with van der Waals surface area (Å²) >= 11 is 8.21. The first-order chi connectivity index (χ1) is 5.33. The minimum Gasteiger partial charge on any atom is -0.156 e. The quantitative estimate of drug-likeness (QED) is 0.520. The molecule has 0 aliphatic heterocycles. The predicted molar refractivity (Wildman–Crippen MR) is 65.3 cm³/mol. The highest BCUT2D eigenvalue weighted by Crippen LogP contribution is 2.25. The van der Waals surface area contributed by atoms with Crippen molar-refractivity contribution in [3.63, 3.8) is 0 Å². The number of halogens is 1. The molecule has 0 aromatic heterocycles. The van der Waals surface area contributed by atoms with Gasteiger partial charge in [-0.25, -0.2) is 0 Å². The van der Waals surface area contributed by atoms with E-state index in [-0.39, 0.29) is 0 Å². The van der Waals surface area contributed by atoms with E-state index in [1.165, 1.54) is 12.2 Å². The molecule has 0 radical (unpaired) electrons. The van der Waals surface area contributed by atoms with Gasteiger partial charge in [-0.05, 0) is 12.2 Å².